The van der Waals surface area contributed by atoms with E-state index in [0.29, 0.717) is 32.6 Å². The smallest absolute Gasteiger partial charge is 0.243 e. The van der Waals surface area contributed by atoms with Crippen LogP contribution in [0.4, 0.5) is 0 Å². The van der Waals surface area contributed by atoms with E-state index in [0.717, 1.165) is 32.2 Å². The molecule has 0 atom stereocenters. The van der Waals surface area contributed by atoms with Crippen LogP contribution in [0.1, 0.15) is 32.1 Å². The molecule has 1 saturated carbocycles. The van der Waals surface area contributed by atoms with Crippen molar-refractivity contribution in [3.63, 3.8) is 0 Å². The summed E-state index contributed by atoms with van der Waals surface area (Å²) in [6.45, 7) is 2.85. The molecule has 1 aliphatic carbocycles. The number of sulfonamides is 2. The number of piperazine rings is 1. The minimum absolute atomic E-state index is 0.0340. The van der Waals surface area contributed by atoms with Crippen molar-refractivity contribution in [2.24, 2.45) is 0 Å². The number of benzene rings is 1. The highest BCUT2D eigenvalue weighted by Crippen LogP contribution is 2.22. The maximum absolute atomic E-state index is 12.8. The molecule has 154 valence electrons. The first kappa shape index (κ1) is 21.2. The highest BCUT2D eigenvalue weighted by atomic mass is 32.2. The van der Waals surface area contributed by atoms with Crippen molar-refractivity contribution in [1.29, 1.82) is 5.26 Å². The van der Waals surface area contributed by atoms with Crippen LogP contribution in [-0.4, -0.2) is 59.9 Å². The Labute approximate surface area is 167 Å². The van der Waals surface area contributed by atoms with Crippen molar-refractivity contribution in [1.82, 2.24) is 9.03 Å². The normalized spacial score (nSPS) is 20.2. The van der Waals surface area contributed by atoms with E-state index in [-0.39, 0.29) is 15.8 Å². The predicted octanol–water partition coefficient (Wildman–Crippen LogP) is -0.290. The number of quaternary nitrogens is 1. The number of hydrogen-bond donors (Lipinski definition) is 2. The minimum atomic E-state index is -3.65. The van der Waals surface area contributed by atoms with Crippen molar-refractivity contribution in [2.45, 2.75) is 47.9 Å². The molecule has 1 saturated heterocycles. The third-order valence-electron chi connectivity index (χ3n) is 5.47. The van der Waals surface area contributed by atoms with Gasteiger partial charge < -0.3 is 4.90 Å². The SMILES string of the molecule is N#CCC[NH+]1CCN(S(=O)(=O)c2ccc(S(=O)(=O)NC3CCCC3)cc2)CC1. The first-order valence-electron chi connectivity index (χ1n) is 9.66. The van der Waals surface area contributed by atoms with Gasteiger partial charge in [-0.15, -0.1) is 0 Å². The van der Waals surface area contributed by atoms with Crippen LogP contribution in [0.25, 0.3) is 0 Å². The van der Waals surface area contributed by atoms with E-state index in [1.165, 1.54) is 33.5 Å². The van der Waals surface area contributed by atoms with Gasteiger partial charge in [-0.05, 0) is 37.1 Å². The zero-order valence-electron chi connectivity index (χ0n) is 15.8. The van der Waals surface area contributed by atoms with E-state index in [1.54, 1.807) is 0 Å². The second-order valence-corrected chi connectivity index (χ2v) is 11.0. The van der Waals surface area contributed by atoms with Gasteiger partial charge in [0, 0.05) is 6.04 Å². The molecule has 1 aromatic rings. The molecule has 2 aliphatic rings. The summed E-state index contributed by atoms with van der Waals surface area (Å²) in [5.74, 6) is 0. The minimum Gasteiger partial charge on any atom is -0.332 e. The van der Waals surface area contributed by atoms with Crippen LogP contribution in [-0.2, 0) is 20.0 Å². The van der Waals surface area contributed by atoms with Gasteiger partial charge in [0.15, 0.2) is 0 Å². The van der Waals surface area contributed by atoms with E-state index >= 15 is 0 Å². The van der Waals surface area contributed by atoms with Crippen LogP contribution in [0.5, 0.6) is 0 Å². The number of nitrogens with one attached hydrogen (secondary N) is 2. The Morgan fingerprint density at radius 3 is 2.18 bits per heavy atom. The summed E-state index contributed by atoms with van der Waals surface area (Å²) in [5, 5.41) is 8.67. The van der Waals surface area contributed by atoms with Crippen LogP contribution >= 0.6 is 0 Å². The largest absolute Gasteiger partial charge is 0.332 e. The zero-order valence-corrected chi connectivity index (χ0v) is 17.4. The molecule has 0 aromatic heterocycles. The van der Waals surface area contributed by atoms with Crippen molar-refractivity contribution in [2.75, 3.05) is 32.7 Å². The Hall–Kier alpha value is -1.51. The Morgan fingerprint density at radius 1 is 1.04 bits per heavy atom. The van der Waals surface area contributed by atoms with Gasteiger partial charge in [-0.25, -0.2) is 21.6 Å². The van der Waals surface area contributed by atoms with Crippen LogP contribution in [0.2, 0.25) is 0 Å². The fourth-order valence-corrected chi connectivity index (χ4v) is 6.54. The van der Waals surface area contributed by atoms with E-state index in [1.807, 2.05) is 0 Å². The first-order valence-corrected chi connectivity index (χ1v) is 12.6. The number of nitrogens with zero attached hydrogens (tertiary/aromatic N) is 2. The van der Waals surface area contributed by atoms with Gasteiger partial charge in [0.2, 0.25) is 20.0 Å². The Morgan fingerprint density at radius 2 is 1.61 bits per heavy atom. The van der Waals surface area contributed by atoms with Crippen molar-refractivity contribution in [3.05, 3.63) is 24.3 Å². The molecule has 1 aromatic carbocycles. The summed E-state index contributed by atoms with van der Waals surface area (Å²) in [4.78, 5) is 1.42. The molecule has 0 radical (unpaired) electrons. The molecule has 2 fully saturated rings. The quantitative estimate of drug-likeness (QED) is 0.621. The molecular weight excluding hydrogens is 400 g/mol. The molecule has 8 nitrogen and oxygen atoms in total. The fourth-order valence-electron chi connectivity index (χ4n) is 3.80. The van der Waals surface area contributed by atoms with Gasteiger partial charge in [0.1, 0.15) is 0 Å². The van der Waals surface area contributed by atoms with Crippen LogP contribution in [0.3, 0.4) is 0 Å². The van der Waals surface area contributed by atoms with E-state index in [4.69, 9.17) is 5.26 Å². The number of hydrogen-bond acceptors (Lipinski definition) is 5. The summed E-state index contributed by atoms with van der Waals surface area (Å²) >= 11 is 0. The van der Waals surface area contributed by atoms with Gasteiger partial charge in [-0.1, -0.05) is 12.8 Å². The average Bonchev–Trinajstić information content (AvgIpc) is 3.19. The summed E-state index contributed by atoms with van der Waals surface area (Å²) in [7, 11) is -7.29. The lowest BCUT2D eigenvalue weighted by molar-refractivity contribution is -0.903. The Kier molecular flexibility index (Phi) is 6.73. The van der Waals surface area contributed by atoms with Gasteiger partial charge in [-0.3, -0.25) is 0 Å². The van der Waals surface area contributed by atoms with Crippen molar-refractivity contribution in [3.8, 4) is 6.07 Å². The molecule has 0 spiro atoms. The van der Waals surface area contributed by atoms with E-state index in [9.17, 15) is 16.8 Å². The maximum atomic E-state index is 12.8. The second kappa shape index (κ2) is 8.88. The number of nitriles is 1. The first-order chi connectivity index (χ1) is 13.3. The Bertz CT molecular complexity index is 909. The lowest BCUT2D eigenvalue weighted by atomic mass is 10.3. The predicted molar refractivity (Wildman–Crippen MR) is 104 cm³/mol. The summed E-state index contributed by atoms with van der Waals surface area (Å²) in [6.07, 6.45) is 4.20. The van der Waals surface area contributed by atoms with Gasteiger partial charge in [0.05, 0.1) is 55.0 Å². The topological polar surface area (TPSA) is 112 Å². The molecule has 1 aliphatic heterocycles. The molecule has 1 heterocycles. The van der Waals surface area contributed by atoms with E-state index < -0.39 is 20.0 Å². The summed E-state index contributed by atoms with van der Waals surface area (Å²) in [5.41, 5.74) is 0. The third-order valence-corrected chi connectivity index (χ3v) is 8.92. The summed E-state index contributed by atoms with van der Waals surface area (Å²) < 4.78 is 54.8. The molecule has 28 heavy (non-hydrogen) atoms. The fraction of sp³-hybridized carbons (Fsp3) is 0.611. The van der Waals surface area contributed by atoms with Gasteiger partial charge >= 0.3 is 0 Å². The molecular formula is C18H27N4O4S2+. The molecule has 10 heteroatoms. The Balaban J connectivity index is 1.66. The zero-order chi connectivity index (χ0) is 20.2. The molecule has 3 rings (SSSR count). The summed E-state index contributed by atoms with van der Waals surface area (Å²) in [6, 6.07) is 7.54. The molecule has 0 bridgehead atoms. The van der Waals surface area contributed by atoms with E-state index in [2.05, 4.69) is 10.8 Å². The maximum Gasteiger partial charge on any atom is 0.243 e. The highest BCUT2D eigenvalue weighted by Gasteiger charge is 2.30. The van der Waals surface area contributed by atoms with Gasteiger partial charge in [0.25, 0.3) is 0 Å². The number of rotatable bonds is 7. The lowest BCUT2D eigenvalue weighted by Crippen LogP contribution is -3.14. The monoisotopic (exact) mass is 427 g/mol. The average molecular weight is 428 g/mol. The molecule has 0 unspecified atom stereocenters. The standard InChI is InChI=1S/C18H26N4O4S2/c19-10-3-11-21-12-14-22(15-13-21)28(25,26)18-8-6-17(7-9-18)27(23,24)20-16-4-1-2-5-16/h6-9,16,20H,1-5,11-15H2/p+1. The van der Waals surface area contributed by atoms with Crippen LogP contribution < -0.4 is 9.62 Å². The molecule has 0 amide bonds. The second-order valence-electron chi connectivity index (χ2n) is 7.39. The van der Waals surface area contributed by atoms with Crippen LogP contribution in [0, 0.1) is 11.3 Å². The van der Waals surface area contributed by atoms with Crippen molar-refractivity contribution >= 4 is 20.0 Å². The lowest BCUT2D eigenvalue weighted by Gasteiger charge is -2.31. The highest BCUT2D eigenvalue weighted by molar-refractivity contribution is 7.89. The molecule has 2 N–H and O–H groups in total. The van der Waals surface area contributed by atoms with Crippen molar-refractivity contribution < 1.29 is 21.7 Å². The van der Waals surface area contributed by atoms with Gasteiger partial charge in [-0.2, -0.15) is 9.57 Å². The van der Waals surface area contributed by atoms with Crippen LogP contribution in [0.15, 0.2) is 34.1 Å². The third kappa shape index (κ3) is 4.90.